The van der Waals surface area contributed by atoms with Gasteiger partial charge in [0.15, 0.2) is 0 Å². The normalized spacial score (nSPS) is 18.7. The molecule has 2 N–H and O–H groups in total. The summed E-state index contributed by atoms with van der Waals surface area (Å²) in [6, 6.07) is 0. The lowest BCUT2D eigenvalue weighted by Gasteiger charge is -2.30. The molecule has 1 aliphatic rings. The van der Waals surface area contributed by atoms with Gasteiger partial charge in [0.25, 0.3) is 0 Å². The zero-order valence-electron chi connectivity index (χ0n) is 9.86. The smallest absolute Gasteiger partial charge is 0.301 e. The third-order valence-corrected chi connectivity index (χ3v) is 4.52. The van der Waals surface area contributed by atoms with Crippen LogP contribution in [0.15, 0.2) is 18.7 Å². The van der Waals surface area contributed by atoms with Crippen molar-refractivity contribution in [3.63, 3.8) is 0 Å². The SMILES string of the molecule is O=S(=O)(Nc1cncnc1)N1CCC(CO)CC1. The van der Waals surface area contributed by atoms with Crippen LogP contribution in [0, 0.1) is 5.92 Å². The number of aromatic nitrogens is 2. The molecular weight excluding hydrogens is 256 g/mol. The zero-order chi connectivity index (χ0) is 13.0. The fourth-order valence-electron chi connectivity index (χ4n) is 1.90. The molecule has 0 amide bonds. The van der Waals surface area contributed by atoms with Gasteiger partial charge in [-0.15, -0.1) is 0 Å². The first-order chi connectivity index (χ1) is 8.62. The molecule has 0 aromatic carbocycles. The van der Waals surface area contributed by atoms with Crippen LogP contribution in [0.1, 0.15) is 12.8 Å². The number of piperidine rings is 1. The highest BCUT2D eigenvalue weighted by Crippen LogP contribution is 2.19. The number of hydrogen-bond donors (Lipinski definition) is 2. The van der Waals surface area contributed by atoms with Crippen molar-refractivity contribution in [2.24, 2.45) is 5.92 Å². The maximum atomic E-state index is 12.0. The van der Waals surface area contributed by atoms with Gasteiger partial charge < -0.3 is 5.11 Å². The van der Waals surface area contributed by atoms with Crippen LogP contribution in [0.3, 0.4) is 0 Å². The highest BCUT2D eigenvalue weighted by Gasteiger charge is 2.27. The standard InChI is InChI=1S/C10H16N4O3S/c15-7-9-1-3-14(4-2-9)18(16,17)13-10-5-11-8-12-6-10/h5-6,8-9,13,15H,1-4,7H2. The largest absolute Gasteiger partial charge is 0.396 e. The molecule has 1 saturated heterocycles. The van der Waals surface area contributed by atoms with Crippen LogP contribution in [0.25, 0.3) is 0 Å². The lowest BCUT2D eigenvalue weighted by Crippen LogP contribution is -2.42. The Morgan fingerprint density at radius 2 is 1.94 bits per heavy atom. The van der Waals surface area contributed by atoms with E-state index in [4.69, 9.17) is 5.11 Å². The molecule has 0 unspecified atom stereocenters. The van der Waals surface area contributed by atoms with Crippen molar-refractivity contribution in [1.29, 1.82) is 0 Å². The Labute approximate surface area is 106 Å². The lowest BCUT2D eigenvalue weighted by molar-refractivity contribution is 0.170. The van der Waals surface area contributed by atoms with Gasteiger partial charge in [-0.3, -0.25) is 4.72 Å². The summed E-state index contributed by atoms with van der Waals surface area (Å²) in [5, 5.41) is 9.02. The molecule has 0 spiro atoms. The van der Waals surface area contributed by atoms with Gasteiger partial charge in [0.2, 0.25) is 0 Å². The first-order valence-electron chi connectivity index (χ1n) is 5.75. The molecular formula is C10H16N4O3S. The van der Waals surface area contributed by atoms with Crippen molar-refractivity contribution in [2.45, 2.75) is 12.8 Å². The molecule has 0 atom stereocenters. The first kappa shape index (κ1) is 13.2. The van der Waals surface area contributed by atoms with Crippen LogP contribution in [0.4, 0.5) is 5.69 Å². The van der Waals surface area contributed by atoms with Crippen molar-refractivity contribution in [3.8, 4) is 0 Å². The van der Waals surface area contributed by atoms with Crippen LogP contribution in [-0.2, 0) is 10.2 Å². The summed E-state index contributed by atoms with van der Waals surface area (Å²) >= 11 is 0. The van der Waals surface area contributed by atoms with Gasteiger partial charge in [0.05, 0.1) is 18.1 Å². The monoisotopic (exact) mass is 272 g/mol. The molecule has 0 aliphatic carbocycles. The van der Waals surface area contributed by atoms with Crippen molar-refractivity contribution in [2.75, 3.05) is 24.4 Å². The van der Waals surface area contributed by atoms with E-state index in [1.165, 1.54) is 23.0 Å². The van der Waals surface area contributed by atoms with E-state index in [0.29, 0.717) is 31.6 Å². The molecule has 0 saturated carbocycles. The summed E-state index contributed by atoms with van der Waals surface area (Å²) in [6.07, 6.45) is 5.52. The van der Waals surface area contributed by atoms with Crippen LogP contribution >= 0.6 is 0 Å². The van der Waals surface area contributed by atoms with Gasteiger partial charge in [-0.2, -0.15) is 12.7 Å². The van der Waals surface area contributed by atoms with Crippen molar-refractivity contribution in [1.82, 2.24) is 14.3 Å². The molecule has 100 valence electrons. The number of rotatable bonds is 4. The molecule has 2 heterocycles. The van der Waals surface area contributed by atoms with Gasteiger partial charge >= 0.3 is 10.2 Å². The number of aliphatic hydroxyl groups is 1. The van der Waals surface area contributed by atoms with E-state index in [-0.39, 0.29) is 12.5 Å². The molecule has 0 bridgehead atoms. The van der Waals surface area contributed by atoms with Gasteiger partial charge in [-0.1, -0.05) is 0 Å². The molecule has 8 heteroatoms. The number of hydrogen-bond acceptors (Lipinski definition) is 5. The van der Waals surface area contributed by atoms with E-state index in [1.807, 2.05) is 0 Å². The van der Waals surface area contributed by atoms with E-state index >= 15 is 0 Å². The summed E-state index contributed by atoms with van der Waals surface area (Å²) in [7, 11) is -3.55. The quantitative estimate of drug-likeness (QED) is 0.794. The minimum Gasteiger partial charge on any atom is -0.396 e. The van der Waals surface area contributed by atoms with Crippen molar-refractivity contribution in [3.05, 3.63) is 18.7 Å². The van der Waals surface area contributed by atoms with E-state index in [2.05, 4.69) is 14.7 Å². The Bertz CT molecular complexity index is 471. The molecule has 1 aromatic rings. The second-order valence-corrected chi connectivity index (χ2v) is 5.93. The molecule has 2 rings (SSSR count). The zero-order valence-corrected chi connectivity index (χ0v) is 10.7. The third-order valence-electron chi connectivity index (χ3n) is 2.98. The minimum absolute atomic E-state index is 0.119. The predicted molar refractivity (Wildman–Crippen MR) is 66.0 cm³/mol. The molecule has 1 fully saturated rings. The number of nitrogens with zero attached hydrogens (tertiary/aromatic N) is 3. The summed E-state index contributed by atoms with van der Waals surface area (Å²) in [6.45, 7) is 0.969. The third kappa shape index (κ3) is 3.15. The predicted octanol–water partition coefficient (Wildman–Crippen LogP) is -0.162. The summed E-state index contributed by atoms with van der Waals surface area (Å²) in [4.78, 5) is 7.50. The molecule has 1 aliphatic heterocycles. The molecule has 18 heavy (non-hydrogen) atoms. The van der Waals surface area contributed by atoms with Crippen LogP contribution < -0.4 is 4.72 Å². The van der Waals surface area contributed by atoms with Crippen LogP contribution in [0.2, 0.25) is 0 Å². The van der Waals surface area contributed by atoms with Gasteiger partial charge in [-0.05, 0) is 18.8 Å². The second kappa shape index (κ2) is 5.59. The van der Waals surface area contributed by atoms with E-state index in [9.17, 15) is 8.42 Å². The van der Waals surface area contributed by atoms with E-state index in [0.717, 1.165) is 0 Å². The number of nitrogens with one attached hydrogen (secondary N) is 1. The first-order valence-corrected chi connectivity index (χ1v) is 7.19. The van der Waals surface area contributed by atoms with Gasteiger partial charge in [-0.25, -0.2) is 9.97 Å². The van der Waals surface area contributed by atoms with E-state index < -0.39 is 10.2 Å². The summed E-state index contributed by atoms with van der Waals surface area (Å²) in [5.74, 6) is 0.205. The molecule has 1 aromatic heterocycles. The topological polar surface area (TPSA) is 95.4 Å². The van der Waals surface area contributed by atoms with Crippen LogP contribution in [0.5, 0.6) is 0 Å². The number of anilines is 1. The maximum absolute atomic E-state index is 12.0. The number of aliphatic hydroxyl groups excluding tert-OH is 1. The fourth-order valence-corrected chi connectivity index (χ4v) is 3.12. The molecule has 7 nitrogen and oxygen atoms in total. The Balaban J connectivity index is 2.00. The second-order valence-electron chi connectivity index (χ2n) is 4.26. The Kier molecular flexibility index (Phi) is 4.10. The van der Waals surface area contributed by atoms with Crippen molar-refractivity contribution < 1.29 is 13.5 Å². The Morgan fingerprint density at radius 1 is 1.33 bits per heavy atom. The lowest BCUT2D eigenvalue weighted by atomic mass is 10.00. The Hall–Kier alpha value is -1.25. The summed E-state index contributed by atoms with van der Waals surface area (Å²) < 4.78 is 27.9. The average Bonchev–Trinajstić information content (AvgIpc) is 2.39. The maximum Gasteiger partial charge on any atom is 0.301 e. The fraction of sp³-hybridized carbons (Fsp3) is 0.600. The highest BCUT2D eigenvalue weighted by molar-refractivity contribution is 7.90. The molecule has 0 radical (unpaired) electrons. The highest BCUT2D eigenvalue weighted by atomic mass is 32.2. The minimum atomic E-state index is -3.55. The van der Waals surface area contributed by atoms with Crippen LogP contribution in [-0.4, -0.2) is 47.5 Å². The van der Waals surface area contributed by atoms with Gasteiger partial charge in [0.1, 0.15) is 6.33 Å². The van der Waals surface area contributed by atoms with Crippen molar-refractivity contribution >= 4 is 15.9 Å². The Morgan fingerprint density at radius 3 is 2.50 bits per heavy atom. The van der Waals surface area contributed by atoms with Gasteiger partial charge in [0, 0.05) is 19.7 Å². The average molecular weight is 272 g/mol. The van der Waals surface area contributed by atoms with E-state index in [1.54, 1.807) is 0 Å². The summed E-state index contributed by atoms with van der Waals surface area (Å²) in [5.41, 5.74) is 0.349.